The zero-order valence-electron chi connectivity index (χ0n) is 19.1. The summed E-state index contributed by atoms with van der Waals surface area (Å²) in [5, 5.41) is 14.6. The average molecular weight is 536 g/mol. The summed E-state index contributed by atoms with van der Waals surface area (Å²) in [5.41, 5.74) is 1.94. The van der Waals surface area contributed by atoms with E-state index >= 15 is 0 Å². The number of halogens is 1. The molecule has 0 fully saturated rings. The molecule has 0 saturated carbocycles. The van der Waals surface area contributed by atoms with Crippen LogP contribution >= 0.6 is 23.1 Å². The Bertz CT molecular complexity index is 1550. The lowest BCUT2D eigenvalue weighted by Crippen LogP contribution is -2.23. The predicted octanol–water partition coefficient (Wildman–Crippen LogP) is 5.07. The van der Waals surface area contributed by atoms with Crippen molar-refractivity contribution in [3.8, 4) is 28.8 Å². The molecule has 6 rings (SSSR count). The third-order valence-electron chi connectivity index (χ3n) is 5.46. The molecule has 0 aliphatic carbocycles. The number of thioether (sulfide) groups is 1. The second-order valence-electron chi connectivity index (χ2n) is 7.88. The number of ether oxygens (including phenoxy) is 2. The van der Waals surface area contributed by atoms with E-state index in [0.717, 1.165) is 10.6 Å². The molecule has 0 atom stereocenters. The minimum atomic E-state index is -0.335. The molecule has 9 nitrogen and oxygen atoms in total. The van der Waals surface area contributed by atoms with Crippen LogP contribution in [0.4, 0.5) is 4.39 Å². The van der Waals surface area contributed by atoms with Gasteiger partial charge in [-0.25, -0.2) is 9.37 Å². The Balaban J connectivity index is 1.14. The lowest BCUT2D eigenvalue weighted by Gasteiger charge is -2.08. The van der Waals surface area contributed by atoms with Crippen molar-refractivity contribution in [3.05, 3.63) is 88.3 Å². The summed E-state index contributed by atoms with van der Waals surface area (Å²) >= 11 is 2.80. The van der Waals surface area contributed by atoms with Gasteiger partial charge in [0.2, 0.25) is 12.6 Å². The van der Waals surface area contributed by atoms with Gasteiger partial charge >= 0.3 is 0 Å². The van der Waals surface area contributed by atoms with E-state index in [9.17, 15) is 9.18 Å². The summed E-state index contributed by atoms with van der Waals surface area (Å²) < 4.78 is 31.5. The van der Waals surface area contributed by atoms with Gasteiger partial charge < -0.3 is 19.2 Å². The number of hydrogen-bond acceptors (Lipinski definition) is 9. The summed E-state index contributed by atoms with van der Waals surface area (Å²) in [6, 6.07) is 15.2. The number of fused-ring (bicyclic) bond motifs is 1. The number of nitrogens with one attached hydrogen (secondary N) is 1. The van der Waals surface area contributed by atoms with Crippen LogP contribution in [-0.2, 0) is 12.3 Å². The normalized spacial score (nSPS) is 12.1. The van der Waals surface area contributed by atoms with E-state index in [0.29, 0.717) is 51.9 Å². The molecule has 1 amide bonds. The van der Waals surface area contributed by atoms with Crippen molar-refractivity contribution >= 4 is 29.0 Å². The topological polar surface area (TPSA) is 104 Å². The molecule has 37 heavy (non-hydrogen) atoms. The van der Waals surface area contributed by atoms with Crippen LogP contribution in [-0.4, -0.2) is 32.4 Å². The maximum atomic E-state index is 13.5. The molecule has 1 N–H and O–H groups in total. The number of carbonyl (C=O) groups is 1. The summed E-state index contributed by atoms with van der Waals surface area (Å²) in [7, 11) is 0. The van der Waals surface area contributed by atoms with Crippen LogP contribution in [0.1, 0.15) is 21.1 Å². The van der Waals surface area contributed by atoms with Crippen molar-refractivity contribution < 1.29 is 23.1 Å². The van der Waals surface area contributed by atoms with E-state index in [1.165, 1.54) is 35.2 Å². The molecule has 0 unspecified atom stereocenters. The fourth-order valence-electron chi connectivity index (χ4n) is 3.68. The van der Waals surface area contributed by atoms with Gasteiger partial charge in [-0.15, -0.1) is 21.5 Å². The lowest BCUT2D eigenvalue weighted by molar-refractivity contribution is 0.0946. The van der Waals surface area contributed by atoms with Crippen LogP contribution in [0.25, 0.3) is 17.3 Å². The number of amides is 1. The smallest absolute Gasteiger partial charge is 0.271 e. The summed E-state index contributed by atoms with van der Waals surface area (Å²) in [6.07, 6.45) is 1.56. The van der Waals surface area contributed by atoms with Crippen molar-refractivity contribution in [2.75, 3.05) is 6.79 Å². The number of furan rings is 1. The first kappa shape index (κ1) is 23.3. The van der Waals surface area contributed by atoms with Crippen LogP contribution < -0.4 is 14.8 Å². The predicted molar refractivity (Wildman–Crippen MR) is 134 cm³/mol. The quantitative estimate of drug-likeness (QED) is 0.275. The molecule has 0 radical (unpaired) electrons. The summed E-state index contributed by atoms with van der Waals surface area (Å²) in [4.78, 5) is 17.1. The van der Waals surface area contributed by atoms with Crippen molar-refractivity contribution in [2.24, 2.45) is 0 Å². The first-order valence-electron chi connectivity index (χ1n) is 11.1. The number of nitrogens with zero attached hydrogens (tertiary/aromatic N) is 4. The van der Waals surface area contributed by atoms with Crippen LogP contribution in [0.15, 0.2) is 75.8 Å². The van der Waals surface area contributed by atoms with E-state index in [-0.39, 0.29) is 18.5 Å². The number of rotatable bonds is 8. The molecule has 0 bridgehead atoms. The molecular formula is C25H18FN5O4S2. The van der Waals surface area contributed by atoms with Crippen LogP contribution in [0.2, 0.25) is 0 Å². The maximum absolute atomic E-state index is 13.5. The Morgan fingerprint density at radius 1 is 1.11 bits per heavy atom. The van der Waals surface area contributed by atoms with E-state index in [2.05, 4.69) is 20.5 Å². The molecule has 1 aliphatic heterocycles. The maximum Gasteiger partial charge on any atom is 0.271 e. The Morgan fingerprint density at radius 2 is 1.97 bits per heavy atom. The Labute approximate surface area is 218 Å². The number of carbonyl (C=O) groups excluding carboxylic acids is 1. The summed E-state index contributed by atoms with van der Waals surface area (Å²) in [5.74, 6) is 2.28. The number of thiazole rings is 1. The minimum Gasteiger partial charge on any atom is -0.461 e. The molecule has 186 valence electrons. The molecule has 12 heteroatoms. The van der Waals surface area contributed by atoms with E-state index in [1.807, 2.05) is 18.2 Å². The first-order chi connectivity index (χ1) is 18.1. The van der Waals surface area contributed by atoms with E-state index in [1.54, 1.807) is 40.5 Å². The molecule has 0 spiro atoms. The van der Waals surface area contributed by atoms with Gasteiger partial charge in [0.1, 0.15) is 16.5 Å². The van der Waals surface area contributed by atoms with Gasteiger partial charge in [-0.3, -0.25) is 9.36 Å². The van der Waals surface area contributed by atoms with E-state index in [4.69, 9.17) is 13.9 Å². The Morgan fingerprint density at radius 3 is 2.81 bits per heavy atom. The zero-order chi connectivity index (χ0) is 25.2. The number of hydrogen-bond donors (Lipinski definition) is 1. The second kappa shape index (κ2) is 10.1. The molecule has 0 saturated heterocycles. The minimum absolute atomic E-state index is 0.203. The molecule has 5 aromatic rings. The zero-order valence-corrected chi connectivity index (χ0v) is 20.7. The van der Waals surface area contributed by atoms with Crippen LogP contribution in [0.3, 0.4) is 0 Å². The fourth-order valence-corrected chi connectivity index (χ4v) is 5.43. The molecule has 4 heterocycles. The van der Waals surface area contributed by atoms with Crippen LogP contribution in [0.5, 0.6) is 11.5 Å². The number of benzene rings is 2. The highest BCUT2D eigenvalue weighted by molar-refractivity contribution is 7.98. The van der Waals surface area contributed by atoms with Gasteiger partial charge in [0.05, 0.1) is 17.7 Å². The highest BCUT2D eigenvalue weighted by atomic mass is 32.2. The molecule has 3 aromatic heterocycles. The molecular weight excluding hydrogens is 517 g/mol. The molecule has 1 aliphatic rings. The van der Waals surface area contributed by atoms with Crippen molar-refractivity contribution in [1.29, 1.82) is 0 Å². The number of aromatic nitrogens is 4. The Hall–Kier alpha value is -4.16. The van der Waals surface area contributed by atoms with E-state index < -0.39 is 0 Å². The summed E-state index contributed by atoms with van der Waals surface area (Å²) in [6.45, 7) is 0.544. The largest absolute Gasteiger partial charge is 0.461 e. The second-order valence-corrected chi connectivity index (χ2v) is 9.77. The van der Waals surface area contributed by atoms with Gasteiger partial charge in [-0.05, 0) is 54.1 Å². The third-order valence-corrected chi connectivity index (χ3v) is 7.43. The standard InChI is InChI=1S/C25H18FN5O4S2/c26-16-4-6-17(7-5-16)31-23(20-2-1-9-33-20)29-30-25(31)37-13-22-28-18(12-36-22)24(32)27-11-15-3-8-19-21(10-15)35-14-34-19/h1-10,12H,11,13-14H2,(H,27,32). The monoisotopic (exact) mass is 535 g/mol. The highest BCUT2D eigenvalue weighted by Crippen LogP contribution is 2.33. The Kier molecular flexibility index (Phi) is 6.33. The van der Waals surface area contributed by atoms with Gasteiger partial charge in [0, 0.05) is 11.9 Å². The van der Waals surface area contributed by atoms with Crippen LogP contribution in [0, 0.1) is 5.82 Å². The highest BCUT2D eigenvalue weighted by Gasteiger charge is 2.19. The first-order valence-corrected chi connectivity index (χ1v) is 13.0. The van der Waals surface area contributed by atoms with Gasteiger partial charge in [-0.1, -0.05) is 17.8 Å². The SMILES string of the molecule is O=C(NCc1ccc2c(c1)OCO2)c1csc(CSc2nnc(-c3ccco3)n2-c2ccc(F)cc2)n1. The van der Waals surface area contributed by atoms with Gasteiger partial charge in [0.15, 0.2) is 22.4 Å². The lowest BCUT2D eigenvalue weighted by atomic mass is 10.2. The van der Waals surface area contributed by atoms with Crippen molar-refractivity contribution in [3.63, 3.8) is 0 Å². The average Bonchev–Trinajstić information content (AvgIpc) is 3.72. The fraction of sp³-hybridized carbons (Fsp3) is 0.120. The molecule has 2 aromatic carbocycles. The van der Waals surface area contributed by atoms with Gasteiger partial charge in [0.25, 0.3) is 5.91 Å². The third kappa shape index (κ3) is 4.93. The van der Waals surface area contributed by atoms with Crippen molar-refractivity contribution in [2.45, 2.75) is 17.5 Å². The van der Waals surface area contributed by atoms with Gasteiger partial charge in [-0.2, -0.15) is 0 Å². The van der Waals surface area contributed by atoms with Crippen molar-refractivity contribution in [1.82, 2.24) is 25.1 Å².